The highest BCUT2D eigenvalue weighted by molar-refractivity contribution is 5.89. The summed E-state index contributed by atoms with van der Waals surface area (Å²) in [5.74, 6) is 0. The SMILES string of the molecule is CCc1c(N)ccc2c(C(F)(F)F)c(C)c(=O)[nH]c12. The molecule has 0 spiro atoms. The van der Waals surface area contributed by atoms with Crippen molar-refractivity contribution in [3.05, 3.63) is 39.2 Å². The molecule has 2 rings (SSSR count). The van der Waals surface area contributed by atoms with Gasteiger partial charge in [0.2, 0.25) is 0 Å². The molecule has 3 N–H and O–H groups in total. The summed E-state index contributed by atoms with van der Waals surface area (Å²) in [6.45, 7) is 2.94. The molecule has 0 bridgehead atoms. The number of H-pyrrole nitrogens is 1. The van der Waals surface area contributed by atoms with Crippen LogP contribution in [0.25, 0.3) is 10.9 Å². The lowest BCUT2D eigenvalue weighted by molar-refractivity contribution is -0.136. The van der Waals surface area contributed by atoms with Gasteiger partial charge in [0.15, 0.2) is 0 Å². The summed E-state index contributed by atoms with van der Waals surface area (Å²) in [6, 6.07) is 2.74. The normalized spacial score (nSPS) is 12.1. The third-order valence-electron chi connectivity index (χ3n) is 3.21. The van der Waals surface area contributed by atoms with Crippen molar-refractivity contribution < 1.29 is 13.2 Å². The molecule has 0 aliphatic rings. The van der Waals surface area contributed by atoms with Gasteiger partial charge in [-0.15, -0.1) is 0 Å². The fraction of sp³-hybridized carbons (Fsp3) is 0.308. The lowest BCUT2D eigenvalue weighted by atomic mass is 9.99. The summed E-state index contributed by atoms with van der Waals surface area (Å²) in [5, 5.41) is -0.0179. The maximum Gasteiger partial charge on any atom is 0.417 e. The van der Waals surface area contributed by atoms with Crippen LogP contribution >= 0.6 is 0 Å². The Balaban J connectivity index is 3.04. The fourth-order valence-corrected chi connectivity index (χ4v) is 2.28. The molecule has 19 heavy (non-hydrogen) atoms. The van der Waals surface area contributed by atoms with Gasteiger partial charge in [0.1, 0.15) is 0 Å². The van der Waals surface area contributed by atoms with E-state index in [1.54, 1.807) is 6.92 Å². The number of anilines is 1. The van der Waals surface area contributed by atoms with Gasteiger partial charge in [-0.1, -0.05) is 13.0 Å². The van der Waals surface area contributed by atoms with Crippen LogP contribution in [-0.4, -0.2) is 4.98 Å². The number of aryl methyl sites for hydroxylation is 1. The third kappa shape index (κ3) is 2.07. The van der Waals surface area contributed by atoms with E-state index in [1.165, 1.54) is 19.1 Å². The van der Waals surface area contributed by atoms with Crippen LogP contribution in [0.5, 0.6) is 0 Å². The molecule has 0 saturated carbocycles. The second-order valence-corrected chi connectivity index (χ2v) is 4.36. The number of aromatic amines is 1. The molecule has 0 aliphatic heterocycles. The van der Waals surface area contributed by atoms with Crippen molar-refractivity contribution in [3.63, 3.8) is 0 Å². The van der Waals surface area contributed by atoms with Gasteiger partial charge in [-0.25, -0.2) is 0 Å². The molecule has 1 heterocycles. The quantitative estimate of drug-likeness (QED) is 0.782. The molecule has 0 aliphatic carbocycles. The summed E-state index contributed by atoms with van der Waals surface area (Å²) < 4.78 is 39.3. The number of rotatable bonds is 1. The van der Waals surface area contributed by atoms with E-state index in [0.717, 1.165) is 0 Å². The fourth-order valence-electron chi connectivity index (χ4n) is 2.28. The van der Waals surface area contributed by atoms with E-state index >= 15 is 0 Å². The number of fused-ring (bicyclic) bond motifs is 1. The van der Waals surface area contributed by atoms with Gasteiger partial charge < -0.3 is 10.7 Å². The summed E-state index contributed by atoms with van der Waals surface area (Å²) >= 11 is 0. The maximum absolute atomic E-state index is 13.1. The van der Waals surface area contributed by atoms with E-state index < -0.39 is 17.3 Å². The van der Waals surface area contributed by atoms with E-state index in [-0.39, 0.29) is 16.5 Å². The van der Waals surface area contributed by atoms with Crippen molar-refractivity contribution in [1.82, 2.24) is 4.98 Å². The lowest BCUT2D eigenvalue weighted by Gasteiger charge is -2.15. The van der Waals surface area contributed by atoms with Gasteiger partial charge in [0.05, 0.1) is 11.1 Å². The van der Waals surface area contributed by atoms with Crippen LogP contribution in [0.15, 0.2) is 16.9 Å². The monoisotopic (exact) mass is 270 g/mol. The Kier molecular flexibility index (Phi) is 3.04. The number of alkyl halides is 3. The van der Waals surface area contributed by atoms with Crippen molar-refractivity contribution in [2.24, 2.45) is 0 Å². The van der Waals surface area contributed by atoms with Gasteiger partial charge in [-0.3, -0.25) is 4.79 Å². The molecule has 2 aromatic rings. The van der Waals surface area contributed by atoms with Gasteiger partial charge in [0, 0.05) is 16.6 Å². The van der Waals surface area contributed by atoms with Crippen molar-refractivity contribution in [2.75, 3.05) is 5.73 Å². The van der Waals surface area contributed by atoms with Crippen LogP contribution in [0, 0.1) is 6.92 Å². The topological polar surface area (TPSA) is 58.9 Å². The van der Waals surface area contributed by atoms with E-state index in [4.69, 9.17) is 5.73 Å². The third-order valence-corrected chi connectivity index (χ3v) is 3.21. The van der Waals surface area contributed by atoms with Gasteiger partial charge >= 0.3 is 6.18 Å². The number of nitrogens with one attached hydrogen (secondary N) is 1. The van der Waals surface area contributed by atoms with Crippen LogP contribution in [0.1, 0.15) is 23.6 Å². The zero-order valence-corrected chi connectivity index (χ0v) is 10.5. The molecule has 0 saturated heterocycles. The molecular weight excluding hydrogens is 257 g/mol. The summed E-state index contributed by atoms with van der Waals surface area (Å²) in [5.41, 5.74) is 4.87. The number of benzene rings is 1. The highest BCUT2D eigenvalue weighted by Crippen LogP contribution is 2.37. The predicted molar refractivity (Wildman–Crippen MR) is 68.1 cm³/mol. The number of pyridine rings is 1. The Morgan fingerprint density at radius 1 is 1.32 bits per heavy atom. The zero-order chi connectivity index (χ0) is 14.4. The van der Waals surface area contributed by atoms with E-state index in [9.17, 15) is 18.0 Å². The van der Waals surface area contributed by atoms with Crippen molar-refractivity contribution in [3.8, 4) is 0 Å². The first kappa shape index (κ1) is 13.5. The van der Waals surface area contributed by atoms with Crippen molar-refractivity contribution in [2.45, 2.75) is 26.4 Å². The largest absolute Gasteiger partial charge is 0.417 e. The first-order valence-corrected chi connectivity index (χ1v) is 5.78. The van der Waals surface area contributed by atoms with Gasteiger partial charge in [0.25, 0.3) is 5.56 Å². The smallest absolute Gasteiger partial charge is 0.398 e. The number of aromatic nitrogens is 1. The number of halogens is 3. The first-order chi connectivity index (χ1) is 8.77. The molecule has 0 atom stereocenters. The molecule has 102 valence electrons. The number of nitrogens with two attached hydrogens (primary N) is 1. The van der Waals surface area contributed by atoms with E-state index in [2.05, 4.69) is 4.98 Å². The van der Waals surface area contributed by atoms with Gasteiger partial charge in [-0.05, 0) is 25.0 Å². The van der Waals surface area contributed by atoms with Crippen LogP contribution < -0.4 is 11.3 Å². The molecule has 1 aromatic heterocycles. The van der Waals surface area contributed by atoms with E-state index in [1.807, 2.05) is 0 Å². The Bertz CT molecular complexity index is 702. The van der Waals surface area contributed by atoms with Gasteiger partial charge in [-0.2, -0.15) is 13.2 Å². The number of nitrogen functional groups attached to an aromatic ring is 1. The Morgan fingerprint density at radius 2 is 1.95 bits per heavy atom. The average molecular weight is 270 g/mol. The number of hydrogen-bond acceptors (Lipinski definition) is 2. The summed E-state index contributed by atoms with van der Waals surface area (Å²) in [7, 11) is 0. The molecule has 1 aromatic carbocycles. The summed E-state index contributed by atoms with van der Waals surface area (Å²) in [6.07, 6.45) is -4.13. The van der Waals surface area contributed by atoms with Crippen LogP contribution in [0.2, 0.25) is 0 Å². The molecule has 0 radical (unpaired) electrons. The van der Waals surface area contributed by atoms with Crippen LogP contribution in [0.3, 0.4) is 0 Å². The lowest BCUT2D eigenvalue weighted by Crippen LogP contribution is -2.19. The minimum absolute atomic E-state index is 0.0179. The average Bonchev–Trinajstić information content (AvgIpc) is 2.29. The second kappa shape index (κ2) is 4.29. The van der Waals surface area contributed by atoms with Crippen molar-refractivity contribution in [1.29, 1.82) is 0 Å². The number of hydrogen-bond donors (Lipinski definition) is 2. The highest BCUT2D eigenvalue weighted by atomic mass is 19.4. The minimum Gasteiger partial charge on any atom is -0.398 e. The van der Waals surface area contributed by atoms with E-state index in [0.29, 0.717) is 17.7 Å². The first-order valence-electron chi connectivity index (χ1n) is 5.78. The van der Waals surface area contributed by atoms with Crippen molar-refractivity contribution >= 4 is 16.6 Å². The minimum atomic E-state index is -4.57. The highest BCUT2D eigenvalue weighted by Gasteiger charge is 2.36. The molecule has 0 amide bonds. The molecule has 3 nitrogen and oxygen atoms in total. The second-order valence-electron chi connectivity index (χ2n) is 4.36. The molecular formula is C13H13F3N2O. The summed E-state index contributed by atoms with van der Waals surface area (Å²) in [4.78, 5) is 14.2. The van der Waals surface area contributed by atoms with Crippen LogP contribution in [-0.2, 0) is 12.6 Å². The zero-order valence-electron chi connectivity index (χ0n) is 10.5. The Morgan fingerprint density at radius 3 is 2.47 bits per heavy atom. The Labute approximate surface area is 107 Å². The molecule has 0 fully saturated rings. The van der Waals surface area contributed by atoms with Crippen LogP contribution in [0.4, 0.5) is 18.9 Å². The Hall–Kier alpha value is -1.98. The molecule has 6 heteroatoms. The maximum atomic E-state index is 13.1. The molecule has 0 unspecified atom stereocenters. The predicted octanol–water partition coefficient (Wildman–Crippen LogP) is 3.00. The standard InChI is InChI=1S/C13H13F3N2O/c1-3-7-9(17)5-4-8-10(13(14,15)16)6(2)12(19)18-11(7)8/h4-5H,3,17H2,1-2H3,(H,18,19).